The van der Waals surface area contributed by atoms with Crippen LogP contribution in [0, 0.1) is 0 Å². The average Bonchev–Trinajstić information content (AvgIpc) is 3.32. The molecule has 144 valence electrons. The first-order chi connectivity index (χ1) is 13.1. The van der Waals surface area contributed by atoms with Crippen molar-refractivity contribution in [2.75, 3.05) is 45.8 Å². The predicted octanol–water partition coefficient (Wildman–Crippen LogP) is -0.737. The van der Waals surface area contributed by atoms with Gasteiger partial charge < -0.3 is 9.80 Å². The predicted molar refractivity (Wildman–Crippen MR) is 98.3 cm³/mol. The van der Waals surface area contributed by atoms with Crippen LogP contribution in [-0.2, 0) is 16.1 Å². The van der Waals surface area contributed by atoms with Crippen LogP contribution in [0.4, 0.5) is 0 Å². The second-order valence-electron chi connectivity index (χ2n) is 7.11. The van der Waals surface area contributed by atoms with E-state index in [1.807, 2.05) is 4.90 Å². The Labute approximate surface area is 156 Å². The van der Waals surface area contributed by atoms with Crippen molar-refractivity contribution in [2.24, 2.45) is 0 Å². The van der Waals surface area contributed by atoms with Gasteiger partial charge in [0, 0.05) is 45.5 Å². The maximum Gasteiger partial charge on any atom is 0.350 e. The Morgan fingerprint density at radius 1 is 0.889 bits per heavy atom. The summed E-state index contributed by atoms with van der Waals surface area (Å²) in [5.74, 6) is 0.0644. The van der Waals surface area contributed by atoms with E-state index in [1.165, 1.54) is 9.08 Å². The zero-order valence-electron chi connectivity index (χ0n) is 15.3. The minimum Gasteiger partial charge on any atom is -0.342 e. The third-order valence-electron chi connectivity index (χ3n) is 5.32. The summed E-state index contributed by atoms with van der Waals surface area (Å²) in [5.41, 5.74) is 0.217. The lowest BCUT2D eigenvalue weighted by Gasteiger charge is -2.34. The summed E-state index contributed by atoms with van der Waals surface area (Å²) in [4.78, 5) is 42.9. The maximum atomic E-state index is 12.6. The number of nitrogens with zero attached hydrogens (tertiary/aromatic N) is 6. The van der Waals surface area contributed by atoms with Gasteiger partial charge in [-0.25, -0.2) is 9.48 Å². The monoisotopic (exact) mass is 372 g/mol. The molecular formula is C18H24N6O3. The summed E-state index contributed by atoms with van der Waals surface area (Å²) in [7, 11) is 0. The molecule has 0 bridgehead atoms. The number of hydrogen-bond donors (Lipinski definition) is 0. The molecule has 9 nitrogen and oxygen atoms in total. The van der Waals surface area contributed by atoms with Gasteiger partial charge in [0.25, 0.3) is 0 Å². The van der Waals surface area contributed by atoms with E-state index in [2.05, 4.69) is 10.00 Å². The fourth-order valence-electron chi connectivity index (χ4n) is 3.71. The lowest BCUT2D eigenvalue weighted by molar-refractivity contribution is -0.135. The zero-order valence-corrected chi connectivity index (χ0v) is 15.3. The summed E-state index contributed by atoms with van der Waals surface area (Å²) in [6.45, 7) is 4.57. The molecule has 0 N–H and O–H groups in total. The number of amides is 2. The number of carbonyl (C=O) groups is 2. The second-order valence-corrected chi connectivity index (χ2v) is 7.11. The van der Waals surface area contributed by atoms with Crippen LogP contribution in [0.2, 0.25) is 0 Å². The first-order valence-electron chi connectivity index (χ1n) is 9.44. The fourth-order valence-corrected chi connectivity index (χ4v) is 3.71. The summed E-state index contributed by atoms with van der Waals surface area (Å²) in [6, 6.07) is 5.29. The zero-order chi connectivity index (χ0) is 18.8. The second kappa shape index (κ2) is 7.51. The lowest BCUT2D eigenvalue weighted by atomic mass is 10.3. The molecule has 4 rings (SSSR count). The van der Waals surface area contributed by atoms with E-state index in [0.29, 0.717) is 38.4 Å². The Hall–Kier alpha value is -2.68. The van der Waals surface area contributed by atoms with Crippen molar-refractivity contribution in [2.45, 2.75) is 19.4 Å². The standard InChI is InChI=1S/C18H24N6O3/c25-16(21-6-3-4-7-21)13-20-9-11-22(12-10-20)17(26)14-24-18(27)23-8-2-1-5-15(23)19-24/h1-2,5,8H,3-4,6-7,9-14H2. The van der Waals surface area contributed by atoms with Crippen molar-refractivity contribution >= 4 is 17.5 Å². The number of pyridine rings is 1. The minimum atomic E-state index is -0.311. The molecule has 27 heavy (non-hydrogen) atoms. The number of piperazine rings is 1. The van der Waals surface area contributed by atoms with E-state index < -0.39 is 0 Å². The summed E-state index contributed by atoms with van der Waals surface area (Å²) in [5, 5.41) is 4.20. The van der Waals surface area contributed by atoms with Crippen molar-refractivity contribution in [3.63, 3.8) is 0 Å². The van der Waals surface area contributed by atoms with Gasteiger partial charge in [-0.15, -0.1) is 5.10 Å². The molecule has 2 aromatic rings. The molecule has 2 fully saturated rings. The maximum absolute atomic E-state index is 12.6. The minimum absolute atomic E-state index is 0.0623. The molecule has 0 aliphatic carbocycles. The molecule has 2 aliphatic rings. The fraction of sp³-hybridized carbons (Fsp3) is 0.556. The van der Waals surface area contributed by atoms with Crippen LogP contribution in [0.3, 0.4) is 0 Å². The SMILES string of the molecule is O=C(CN1CCN(C(=O)Cn2nc3ccccn3c2=O)CC1)N1CCCC1. The summed E-state index contributed by atoms with van der Waals surface area (Å²) in [6.07, 6.45) is 3.83. The first-order valence-corrected chi connectivity index (χ1v) is 9.44. The molecule has 9 heteroatoms. The van der Waals surface area contributed by atoms with Gasteiger partial charge in [-0.3, -0.25) is 18.9 Å². The molecule has 0 radical (unpaired) electrons. The molecule has 2 saturated heterocycles. The molecular weight excluding hydrogens is 348 g/mol. The first kappa shape index (κ1) is 17.7. The summed E-state index contributed by atoms with van der Waals surface area (Å²) >= 11 is 0. The van der Waals surface area contributed by atoms with E-state index in [9.17, 15) is 14.4 Å². The molecule has 2 amide bonds. The Balaban J connectivity index is 1.31. The highest BCUT2D eigenvalue weighted by molar-refractivity contribution is 5.78. The summed E-state index contributed by atoms with van der Waals surface area (Å²) < 4.78 is 2.64. The van der Waals surface area contributed by atoms with Gasteiger partial charge in [-0.2, -0.15) is 0 Å². The lowest BCUT2D eigenvalue weighted by Crippen LogP contribution is -2.52. The van der Waals surface area contributed by atoms with Gasteiger partial charge in [-0.1, -0.05) is 6.07 Å². The van der Waals surface area contributed by atoms with Gasteiger partial charge in [0.15, 0.2) is 5.65 Å². The topological polar surface area (TPSA) is 83.2 Å². The van der Waals surface area contributed by atoms with Gasteiger partial charge in [0.05, 0.1) is 6.54 Å². The molecule has 4 heterocycles. The third-order valence-corrected chi connectivity index (χ3v) is 5.32. The van der Waals surface area contributed by atoms with E-state index >= 15 is 0 Å². The van der Waals surface area contributed by atoms with Crippen molar-refractivity contribution in [3.8, 4) is 0 Å². The Morgan fingerprint density at radius 3 is 2.26 bits per heavy atom. The Morgan fingerprint density at radius 2 is 1.56 bits per heavy atom. The number of aromatic nitrogens is 3. The van der Waals surface area contributed by atoms with Crippen molar-refractivity contribution in [1.82, 2.24) is 28.9 Å². The third kappa shape index (κ3) is 3.73. The molecule has 0 atom stereocenters. The van der Waals surface area contributed by atoms with Crippen LogP contribution in [0.15, 0.2) is 29.2 Å². The van der Waals surface area contributed by atoms with Crippen molar-refractivity contribution in [3.05, 3.63) is 34.9 Å². The van der Waals surface area contributed by atoms with Gasteiger partial charge in [0.1, 0.15) is 6.54 Å². The number of likely N-dealkylation sites (tertiary alicyclic amines) is 1. The van der Waals surface area contributed by atoms with Gasteiger partial charge in [0.2, 0.25) is 11.8 Å². The molecule has 0 spiro atoms. The van der Waals surface area contributed by atoms with E-state index in [0.717, 1.165) is 25.9 Å². The average molecular weight is 372 g/mol. The van der Waals surface area contributed by atoms with Crippen LogP contribution >= 0.6 is 0 Å². The molecule has 2 aliphatic heterocycles. The molecule has 0 saturated carbocycles. The molecule has 2 aromatic heterocycles. The Bertz CT molecular complexity index is 890. The largest absolute Gasteiger partial charge is 0.350 e. The van der Waals surface area contributed by atoms with Crippen LogP contribution < -0.4 is 5.69 Å². The van der Waals surface area contributed by atoms with Crippen LogP contribution in [0.5, 0.6) is 0 Å². The number of rotatable bonds is 4. The highest BCUT2D eigenvalue weighted by atomic mass is 16.2. The van der Waals surface area contributed by atoms with Crippen LogP contribution in [0.1, 0.15) is 12.8 Å². The van der Waals surface area contributed by atoms with E-state index in [-0.39, 0.29) is 24.0 Å². The Kier molecular flexibility index (Phi) is 4.93. The highest BCUT2D eigenvalue weighted by Gasteiger charge is 2.25. The number of carbonyl (C=O) groups excluding carboxylic acids is 2. The van der Waals surface area contributed by atoms with E-state index in [4.69, 9.17) is 0 Å². The van der Waals surface area contributed by atoms with Crippen LogP contribution in [-0.4, -0.2) is 86.5 Å². The smallest absolute Gasteiger partial charge is 0.342 e. The quantitative estimate of drug-likeness (QED) is 0.706. The molecule has 0 aromatic carbocycles. The van der Waals surface area contributed by atoms with Crippen molar-refractivity contribution in [1.29, 1.82) is 0 Å². The van der Waals surface area contributed by atoms with Crippen LogP contribution in [0.25, 0.3) is 5.65 Å². The molecule has 0 unspecified atom stereocenters. The van der Waals surface area contributed by atoms with E-state index in [1.54, 1.807) is 29.3 Å². The highest BCUT2D eigenvalue weighted by Crippen LogP contribution is 2.09. The number of fused-ring (bicyclic) bond motifs is 1. The van der Waals surface area contributed by atoms with Gasteiger partial charge >= 0.3 is 5.69 Å². The van der Waals surface area contributed by atoms with Crippen molar-refractivity contribution < 1.29 is 9.59 Å². The normalized spacial score (nSPS) is 18.4. The van der Waals surface area contributed by atoms with Gasteiger partial charge in [-0.05, 0) is 25.0 Å². The number of hydrogen-bond acceptors (Lipinski definition) is 5.